The smallest absolute Gasteiger partial charge is 0.0916 e. The number of rotatable bonds is 3. The predicted molar refractivity (Wildman–Crippen MR) is 79.0 cm³/mol. The number of aliphatic hydroxyl groups is 1. The first-order valence-electron chi connectivity index (χ1n) is 6.85. The molecule has 2 rings (SSSR count). The Morgan fingerprint density at radius 1 is 1.26 bits per heavy atom. The van der Waals surface area contributed by atoms with Crippen LogP contribution in [0.1, 0.15) is 25.5 Å². The average Bonchev–Trinajstić information content (AvgIpc) is 2.34. The standard InChI is InChI=1S/C15H25N3O/c1-15(2)11-18(9-8-17(15)3)10-14(19)12-4-6-13(16)7-5-12/h4-7,14,19H,8-11,16H2,1-3H3. The molecule has 0 bridgehead atoms. The Kier molecular flexibility index (Phi) is 4.13. The molecule has 0 spiro atoms. The first kappa shape index (κ1) is 14.3. The zero-order valence-electron chi connectivity index (χ0n) is 12.1. The van der Waals surface area contributed by atoms with Crippen molar-refractivity contribution >= 4 is 5.69 Å². The lowest BCUT2D eigenvalue weighted by Crippen LogP contribution is -2.58. The number of hydrogen-bond acceptors (Lipinski definition) is 4. The van der Waals surface area contributed by atoms with Crippen LogP contribution in [0.4, 0.5) is 5.69 Å². The molecule has 4 heteroatoms. The fraction of sp³-hybridized carbons (Fsp3) is 0.600. The van der Waals surface area contributed by atoms with Gasteiger partial charge in [-0.05, 0) is 38.6 Å². The highest BCUT2D eigenvalue weighted by Crippen LogP contribution is 2.22. The van der Waals surface area contributed by atoms with Gasteiger partial charge in [-0.3, -0.25) is 9.80 Å². The maximum Gasteiger partial charge on any atom is 0.0916 e. The van der Waals surface area contributed by atoms with Crippen LogP contribution in [0.15, 0.2) is 24.3 Å². The molecule has 1 atom stereocenters. The average molecular weight is 263 g/mol. The number of piperazine rings is 1. The Bertz CT molecular complexity index is 416. The summed E-state index contributed by atoms with van der Waals surface area (Å²) in [5.41, 5.74) is 7.50. The first-order chi connectivity index (χ1) is 8.88. The van der Waals surface area contributed by atoms with Gasteiger partial charge in [0.15, 0.2) is 0 Å². The highest BCUT2D eigenvalue weighted by Gasteiger charge is 2.31. The number of nitrogens with two attached hydrogens (primary N) is 1. The molecule has 1 aromatic carbocycles. The van der Waals surface area contributed by atoms with Crippen LogP contribution < -0.4 is 5.73 Å². The van der Waals surface area contributed by atoms with Crippen LogP contribution >= 0.6 is 0 Å². The number of benzene rings is 1. The topological polar surface area (TPSA) is 52.7 Å². The van der Waals surface area contributed by atoms with E-state index in [0.29, 0.717) is 6.54 Å². The lowest BCUT2D eigenvalue weighted by atomic mass is 9.99. The van der Waals surface area contributed by atoms with Crippen LogP contribution in [0.5, 0.6) is 0 Å². The van der Waals surface area contributed by atoms with Crippen LogP contribution in [-0.4, -0.2) is 53.7 Å². The zero-order chi connectivity index (χ0) is 14.0. The van der Waals surface area contributed by atoms with Crippen molar-refractivity contribution in [2.45, 2.75) is 25.5 Å². The van der Waals surface area contributed by atoms with Gasteiger partial charge in [0, 0.05) is 37.4 Å². The van der Waals surface area contributed by atoms with Gasteiger partial charge in [-0.15, -0.1) is 0 Å². The van der Waals surface area contributed by atoms with Gasteiger partial charge in [0.2, 0.25) is 0 Å². The Morgan fingerprint density at radius 3 is 2.47 bits per heavy atom. The van der Waals surface area contributed by atoms with Gasteiger partial charge in [0.25, 0.3) is 0 Å². The van der Waals surface area contributed by atoms with E-state index >= 15 is 0 Å². The normalized spacial score (nSPS) is 22.3. The van der Waals surface area contributed by atoms with E-state index in [9.17, 15) is 5.11 Å². The van der Waals surface area contributed by atoms with E-state index in [-0.39, 0.29) is 5.54 Å². The number of nitrogen functional groups attached to an aromatic ring is 1. The third-order valence-electron chi connectivity index (χ3n) is 4.15. The second kappa shape index (κ2) is 5.49. The van der Waals surface area contributed by atoms with Crippen LogP contribution in [0, 0.1) is 0 Å². The van der Waals surface area contributed by atoms with E-state index in [1.54, 1.807) is 0 Å². The molecule has 1 aliphatic heterocycles. The quantitative estimate of drug-likeness (QED) is 0.808. The first-order valence-corrected chi connectivity index (χ1v) is 6.85. The molecule has 1 saturated heterocycles. The van der Waals surface area contributed by atoms with E-state index in [0.717, 1.165) is 30.9 Å². The van der Waals surface area contributed by atoms with E-state index < -0.39 is 6.10 Å². The third kappa shape index (κ3) is 3.47. The highest BCUT2D eigenvalue weighted by molar-refractivity contribution is 5.39. The van der Waals surface area contributed by atoms with Gasteiger partial charge in [-0.1, -0.05) is 12.1 Å². The molecule has 0 radical (unpaired) electrons. The van der Waals surface area contributed by atoms with Crippen LogP contribution in [0.25, 0.3) is 0 Å². The molecule has 106 valence electrons. The Balaban J connectivity index is 1.96. The molecule has 1 fully saturated rings. The molecule has 1 unspecified atom stereocenters. The summed E-state index contributed by atoms with van der Waals surface area (Å²) in [5.74, 6) is 0. The third-order valence-corrected chi connectivity index (χ3v) is 4.15. The fourth-order valence-electron chi connectivity index (χ4n) is 2.57. The number of hydrogen-bond donors (Lipinski definition) is 2. The summed E-state index contributed by atoms with van der Waals surface area (Å²) in [4.78, 5) is 4.71. The van der Waals surface area contributed by atoms with E-state index in [1.165, 1.54) is 0 Å². The number of β-amino-alcohol motifs (C(OH)–C–C–N with tert-alkyl or cyclic N) is 1. The lowest BCUT2D eigenvalue weighted by Gasteiger charge is -2.45. The van der Waals surface area contributed by atoms with Crippen molar-refractivity contribution < 1.29 is 5.11 Å². The van der Waals surface area contributed by atoms with Crippen molar-refractivity contribution in [3.63, 3.8) is 0 Å². The van der Waals surface area contributed by atoms with Crippen molar-refractivity contribution in [2.24, 2.45) is 0 Å². The van der Waals surface area contributed by atoms with Gasteiger partial charge in [-0.2, -0.15) is 0 Å². The molecule has 19 heavy (non-hydrogen) atoms. The van der Waals surface area contributed by atoms with Gasteiger partial charge in [-0.25, -0.2) is 0 Å². The minimum atomic E-state index is -0.445. The molecular formula is C15H25N3O. The molecule has 0 saturated carbocycles. The van der Waals surface area contributed by atoms with Gasteiger partial charge >= 0.3 is 0 Å². The van der Waals surface area contributed by atoms with Crippen molar-refractivity contribution in [3.8, 4) is 0 Å². The summed E-state index contributed by atoms with van der Waals surface area (Å²) in [6, 6.07) is 7.49. The molecule has 0 aliphatic carbocycles. The largest absolute Gasteiger partial charge is 0.399 e. The minimum absolute atomic E-state index is 0.166. The summed E-state index contributed by atoms with van der Waals surface area (Å²) in [6.07, 6.45) is -0.445. The van der Waals surface area contributed by atoms with Gasteiger partial charge < -0.3 is 10.8 Å². The van der Waals surface area contributed by atoms with E-state index in [1.807, 2.05) is 24.3 Å². The summed E-state index contributed by atoms with van der Waals surface area (Å²) < 4.78 is 0. The number of nitrogens with zero attached hydrogens (tertiary/aromatic N) is 2. The fourth-order valence-corrected chi connectivity index (χ4v) is 2.57. The molecule has 0 aromatic heterocycles. The molecule has 1 aromatic rings. The second-order valence-electron chi connectivity index (χ2n) is 6.15. The van der Waals surface area contributed by atoms with Crippen LogP contribution in [-0.2, 0) is 0 Å². The molecule has 1 heterocycles. The monoisotopic (exact) mass is 263 g/mol. The van der Waals surface area contributed by atoms with Crippen molar-refractivity contribution in [2.75, 3.05) is 39.0 Å². The maximum absolute atomic E-state index is 10.3. The highest BCUT2D eigenvalue weighted by atomic mass is 16.3. The number of aliphatic hydroxyl groups excluding tert-OH is 1. The van der Waals surface area contributed by atoms with Crippen molar-refractivity contribution in [3.05, 3.63) is 29.8 Å². The van der Waals surface area contributed by atoms with Crippen molar-refractivity contribution in [1.29, 1.82) is 0 Å². The van der Waals surface area contributed by atoms with Crippen molar-refractivity contribution in [1.82, 2.24) is 9.80 Å². The number of likely N-dealkylation sites (N-methyl/N-ethyl adjacent to an activating group) is 1. The summed E-state index contributed by atoms with van der Waals surface area (Å²) >= 11 is 0. The predicted octanol–water partition coefficient (Wildman–Crippen LogP) is 1.33. The summed E-state index contributed by atoms with van der Waals surface area (Å²) in [5, 5.41) is 10.3. The zero-order valence-corrected chi connectivity index (χ0v) is 12.1. The van der Waals surface area contributed by atoms with Gasteiger partial charge in [0.1, 0.15) is 0 Å². The second-order valence-corrected chi connectivity index (χ2v) is 6.15. The molecule has 3 N–H and O–H groups in total. The maximum atomic E-state index is 10.3. The van der Waals surface area contributed by atoms with E-state index in [4.69, 9.17) is 5.73 Å². The molecule has 4 nitrogen and oxygen atoms in total. The molecule has 0 amide bonds. The van der Waals surface area contributed by atoms with E-state index in [2.05, 4.69) is 30.7 Å². The lowest BCUT2D eigenvalue weighted by molar-refractivity contribution is 0.0142. The summed E-state index contributed by atoms with van der Waals surface area (Å²) in [6.45, 7) is 8.20. The minimum Gasteiger partial charge on any atom is -0.399 e. The van der Waals surface area contributed by atoms with Crippen LogP contribution in [0.2, 0.25) is 0 Å². The van der Waals surface area contributed by atoms with Gasteiger partial charge in [0.05, 0.1) is 6.10 Å². The molecular weight excluding hydrogens is 238 g/mol. The number of anilines is 1. The SMILES string of the molecule is CN1CCN(CC(O)c2ccc(N)cc2)CC1(C)C. The Labute approximate surface area is 115 Å². The Hall–Kier alpha value is -1.10. The molecule has 1 aliphatic rings. The summed E-state index contributed by atoms with van der Waals surface area (Å²) in [7, 11) is 2.16. The van der Waals surface area contributed by atoms with Crippen LogP contribution in [0.3, 0.4) is 0 Å². The Morgan fingerprint density at radius 2 is 1.89 bits per heavy atom.